The number of likely N-dealkylation sites (tertiary alicyclic amines) is 2. The molecule has 4 heterocycles. The fourth-order valence-corrected chi connectivity index (χ4v) is 5.71. The van der Waals surface area contributed by atoms with Gasteiger partial charge in [0.15, 0.2) is 5.65 Å². The first kappa shape index (κ1) is 28.2. The van der Waals surface area contributed by atoms with Crippen LogP contribution in [-0.2, 0) is 14.3 Å². The molecule has 1 saturated carbocycles. The molecule has 1 atom stereocenters. The zero-order chi connectivity index (χ0) is 28.8. The number of carbonyl (C=O) groups excluding carboxylic acids is 3. The number of amides is 3. The quantitative estimate of drug-likeness (QED) is 0.526. The summed E-state index contributed by atoms with van der Waals surface area (Å²) < 4.78 is 7.33. The third kappa shape index (κ3) is 5.74. The lowest BCUT2D eigenvalue weighted by atomic mass is 9.99. The summed E-state index contributed by atoms with van der Waals surface area (Å²) >= 11 is 0. The molecule has 1 unspecified atom stereocenters. The number of fused-ring (bicyclic) bond motifs is 1. The molecule has 5 rings (SSSR count). The van der Waals surface area contributed by atoms with Crippen molar-refractivity contribution in [1.29, 1.82) is 0 Å². The number of carbonyl (C=O) groups is 3. The van der Waals surface area contributed by atoms with Gasteiger partial charge in [-0.3, -0.25) is 9.59 Å². The molecule has 0 aromatic carbocycles. The molecule has 2 aliphatic heterocycles. The second-order valence-electron chi connectivity index (χ2n) is 13.0. The summed E-state index contributed by atoms with van der Waals surface area (Å²) in [5.41, 5.74) is 1.41. The Morgan fingerprint density at radius 1 is 1.05 bits per heavy atom. The summed E-state index contributed by atoms with van der Waals surface area (Å²) in [5.74, 6) is 0.969. The molecular weight excluding hydrogens is 510 g/mol. The zero-order valence-electron chi connectivity index (χ0n) is 24.6. The van der Waals surface area contributed by atoms with Crippen molar-refractivity contribution < 1.29 is 19.1 Å². The van der Waals surface area contributed by atoms with Crippen LogP contribution < -0.4 is 10.6 Å². The minimum Gasteiger partial charge on any atom is -0.444 e. The van der Waals surface area contributed by atoms with E-state index >= 15 is 0 Å². The fourth-order valence-electron chi connectivity index (χ4n) is 5.71. The zero-order valence-corrected chi connectivity index (χ0v) is 24.6. The largest absolute Gasteiger partial charge is 0.444 e. The molecule has 3 aliphatic rings. The number of hydrogen-bond donors (Lipinski definition) is 2. The number of aromatic nitrogens is 3. The van der Waals surface area contributed by atoms with Gasteiger partial charge in [0, 0.05) is 55.6 Å². The van der Waals surface area contributed by atoms with Gasteiger partial charge in [-0.25, -0.2) is 9.78 Å². The number of aryl methyl sites for hydroxylation is 1. The third-order valence-electron chi connectivity index (χ3n) is 8.15. The summed E-state index contributed by atoms with van der Waals surface area (Å²) in [6.45, 7) is 13.9. The average Bonchev–Trinajstić information content (AvgIpc) is 3.36. The summed E-state index contributed by atoms with van der Waals surface area (Å²) in [6, 6.07) is 2.04. The van der Waals surface area contributed by atoms with Gasteiger partial charge in [-0.2, -0.15) is 9.61 Å². The third-order valence-corrected chi connectivity index (χ3v) is 8.15. The molecule has 40 heavy (non-hydrogen) atoms. The van der Waals surface area contributed by atoms with E-state index in [-0.39, 0.29) is 30.0 Å². The molecule has 218 valence electrons. The van der Waals surface area contributed by atoms with Crippen molar-refractivity contribution in [3.63, 3.8) is 0 Å². The van der Waals surface area contributed by atoms with E-state index in [9.17, 15) is 14.4 Å². The highest BCUT2D eigenvalue weighted by molar-refractivity contribution is 6.08. The van der Waals surface area contributed by atoms with Crippen LogP contribution >= 0.6 is 0 Å². The Morgan fingerprint density at radius 3 is 2.33 bits per heavy atom. The van der Waals surface area contributed by atoms with Gasteiger partial charge >= 0.3 is 6.09 Å². The Balaban J connectivity index is 1.14. The second-order valence-corrected chi connectivity index (χ2v) is 13.0. The number of ether oxygens (including phenoxy) is 1. The predicted octanol–water partition coefficient (Wildman–Crippen LogP) is 3.47. The van der Waals surface area contributed by atoms with Crippen molar-refractivity contribution >= 4 is 29.4 Å². The van der Waals surface area contributed by atoms with Crippen LogP contribution in [0.15, 0.2) is 12.3 Å². The first-order chi connectivity index (χ1) is 18.9. The summed E-state index contributed by atoms with van der Waals surface area (Å²) in [5, 5.41) is 11.3. The molecule has 11 heteroatoms. The second kappa shape index (κ2) is 10.6. The lowest BCUT2D eigenvalue weighted by Gasteiger charge is -2.35. The van der Waals surface area contributed by atoms with Crippen molar-refractivity contribution in [3.05, 3.63) is 23.5 Å². The SMILES string of the molecule is Cc1cc(NC2CCN(C(=O)C3(C(=O)NC4CCN(C(=O)OC(C)(C)C)C4)CC3)CC2)n2ncc(C(C)C)c2n1. The summed E-state index contributed by atoms with van der Waals surface area (Å²) in [7, 11) is 0. The van der Waals surface area contributed by atoms with Crippen LogP contribution in [0.4, 0.5) is 10.6 Å². The van der Waals surface area contributed by atoms with E-state index in [1.807, 2.05) is 49.4 Å². The van der Waals surface area contributed by atoms with Crippen molar-refractivity contribution in [1.82, 2.24) is 29.7 Å². The molecule has 0 radical (unpaired) electrons. The minimum atomic E-state index is -0.962. The van der Waals surface area contributed by atoms with Crippen molar-refractivity contribution in [2.75, 3.05) is 31.5 Å². The number of nitrogens with one attached hydrogen (secondary N) is 2. The standard InChI is InChI=1S/C29H43N7O4/c1-18(2)22-16-30-36-23(15-19(3)31-24(22)36)32-20-7-12-34(13-8-20)26(38)29(10-11-29)25(37)33-21-9-14-35(17-21)27(39)40-28(4,5)6/h15-16,18,20-21,32H,7-14,17H2,1-6H3,(H,33,37). The van der Waals surface area contributed by atoms with Gasteiger partial charge in [0.2, 0.25) is 11.8 Å². The number of anilines is 1. The summed E-state index contributed by atoms with van der Waals surface area (Å²) in [6.07, 6.45) is 4.90. The molecular formula is C29H43N7O4. The lowest BCUT2D eigenvalue weighted by molar-refractivity contribution is -0.145. The highest BCUT2D eigenvalue weighted by Crippen LogP contribution is 2.48. The molecule has 2 aromatic heterocycles. The Bertz CT molecular complexity index is 1290. The highest BCUT2D eigenvalue weighted by atomic mass is 16.6. The monoisotopic (exact) mass is 553 g/mol. The van der Waals surface area contributed by atoms with E-state index in [1.54, 1.807) is 4.90 Å². The normalized spacial score (nSPS) is 21.1. The van der Waals surface area contributed by atoms with E-state index < -0.39 is 11.0 Å². The Kier molecular flexibility index (Phi) is 7.43. The summed E-state index contributed by atoms with van der Waals surface area (Å²) in [4.78, 5) is 47.3. The molecule has 2 N–H and O–H groups in total. The van der Waals surface area contributed by atoms with E-state index in [4.69, 9.17) is 9.72 Å². The average molecular weight is 554 g/mol. The highest BCUT2D eigenvalue weighted by Gasteiger charge is 2.58. The van der Waals surface area contributed by atoms with Gasteiger partial charge in [0.25, 0.3) is 0 Å². The van der Waals surface area contributed by atoms with Gasteiger partial charge in [0.05, 0.1) is 6.20 Å². The number of nitrogens with zero attached hydrogens (tertiary/aromatic N) is 5. The topological polar surface area (TPSA) is 121 Å². The van der Waals surface area contributed by atoms with Gasteiger partial charge in [-0.1, -0.05) is 13.8 Å². The number of hydrogen-bond acceptors (Lipinski definition) is 7. The van der Waals surface area contributed by atoms with Gasteiger partial charge in [0.1, 0.15) is 16.8 Å². The molecule has 0 spiro atoms. The van der Waals surface area contributed by atoms with Gasteiger partial charge in [-0.15, -0.1) is 0 Å². The molecule has 1 aliphatic carbocycles. The molecule has 2 saturated heterocycles. The molecule has 0 bridgehead atoms. The van der Waals surface area contributed by atoms with Crippen molar-refractivity contribution in [2.24, 2.45) is 5.41 Å². The fraction of sp³-hybridized carbons (Fsp3) is 0.690. The van der Waals surface area contributed by atoms with Crippen LogP contribution in [0, 0.1) is 12.3 Å². The maximum Gasteiger partial charge on any atom is 0.410 e. The van der Waals surface area contributed by atoms with E-state index in [1.165, 1.54) is 0 Å². The van der Waals surface area contributed by atoms with E-state index in [0.29, 0.717) is 51.4 Å². The first-order valence-electron chi connectivity index (χ1n) is 14.6. The van der Waals surface area contributed by atoms with Crippen LogP contribution in [-0.4, -0.2) is 86.2 Å². The predicted molar refractivity (Wildman–Crippen MR) is 151 cm³/mol. The van der Waals surface area contributed by atoms with Crippen LogP contribution in [0.1, 0.15) is 83.9 Å². The smallest absolute Gasteiger partial charge is 0.410 e. The Labute approximate surface area is 236 Å². The van der Waals surface area contributed by atoms with E-state index in [0.717, 1.165) is 35.6 Å². The van der Waals surface area contributed by atoms with E-state index in [2.05, 4.69) is 29.6 Å². The number of rotatable bonds is 6. The molecule has 3 amide bonds. The van der Waals surface area contributed by atoms with Crippen LogP contribution in [0.25, 0.3) is 5.65 Å². The van der Waals surface area contributed by atoms with Crippen molar-refractivity contribution in [2.45, 2.75) is 97.2 Å². The molecule has 11 nitrogen and oxygen atoms in total. The molecule has 3 fully saturated rings. The minimum absolute atomic E-state index is 0.0683. The van der Waals surface area contributed by atoms with Crippen molar-refractivity contribution in [3.8, 4) is 0 Å². The van der Waals surface area contributed by atoms with Crippen LogP contribution in [0.5, 0.6) is 0 Å². The van der Waals surface area contributed by atoms with Gasteiger partial charge < -0.3 is 25.2 Å². The lowest BCUT2D eigenvalue weighted by Crippen LogP contribution is -2.51. The maximum absolute atomic E-state index is 13.5. The van der Waals surface area contributed by atoms with Crippen LogP contribution in [0.3, 0.4) is 0 Å². The van der Waals surface area contributed by atoms with Gasteiger partial charge in [-0.05, 0) is 65.7 Å². The Morgan fingerprint density at radius 2 is 1.70 bits per heavy atom. The first-order valence-corrected chi connectivity index (χ1v) is 14.6. The maximum atomic E-state index is 13.5. The molecule has 2 aromatic rings. The number of piperidine rings is 1. The Hall–Kier alpha value is -3.37. The van der Waals surface area contributed by atoms with Crippen LogP contribution in [0.2, 0.25) is 0 Å².